The third-order valence-electron chi connectivity index (χ3n) is 4.28. The first-order valence-electron chi connectivity index (χ1n) is 9.30. The van der Waals surface area contributed by atoms with E-state index in [0.717, 1.165) is 48.3 Å². The molecule has 148 valence electrons. The lowest BCUT2D eigenvalue weighted by Gasteiger charge is -2.13. The highest BCUT2D eigenvalue weighted by molar-refractivity contribution is 7.16. The molecule has 3 heterocycles. The molecule has 9 heteroatoms. The molecule has 3 rings (SSSR count). The molecule has 27 heavy (non-hydrogen) atoms. The number of halogens is 1. The third kappa shape index (κ3) is 6.07. The number of rotatable bonds is 8. The lowest BCUT2D eigenvalue weighted by atomic mass is 10.3. The van der Waals surface area contributed by atoms with Gasteiger partial charge in [-0.15, -0.1) is 22.7 Å². The van der Waals surface area contributed by atoms with E-state index in [2.05, 4.69) is 25.9 Å². The van der Waals surface area contributed by atoms with Crippen LogP contribution in [0.15, 0.2) is 22.5 Å². The molecule has 1 atom stereocenters. The van der Waals surface area contributed by atoms with Crippen LogP contribution in [0.1, 0.15) is 36.4 Å². The molecule has 1 unspecified atom stereocenters. The summed E-state index contributed by atoms with van der Waals surface area (Å²) in [6.07, 6.45) is 2.74. The van der Waals surface area contributed by atoms with Crippen molar-refractivity contribution < 1.29 is 5.11 Å². The van der Waals surface area contributed by atoms with Crippen LogP contribution in [0.25, 0.3) is 0 Å². The third-order valence-corrected chi connectivity index (χ3v) is 6.56. The zero-order chi connectivity index (χ0) is 19.1. The molecule has 1 aliphatic heterocycles. The maximum atomic E-state index is 10.2. The summed E-state index contributed by atoms with van der Waals surface area (Å²) in [5.74, 6) is 0.703. The van der Waals surface area contributed by atoms with E-state index in [-0.39, 0.29) is 0 Å². The number of anilines is 1. The average molecular weight is 428 g/mol. The van der Waals surface area contributed by atoms with Gasteiger partial charge < -0.3 is 20.6 Å². The van der Waals surface area contributed by atoms with Crippen LogP contribution in [0.5, 0.6) is 0 Å². The molecule has 2 aromatic heterocycles. The Morgan fingerprint density at radius 2 is 2.19 bits per heavy atom. The number of aliphatic imine (C=N–C) groups is 1. The van der Waals surface area contributed by atoms with Crippen LogP contribution in [-0.4, -0.2) is 48.8 Å². The van der Waals surface area contributed by atoms with Crippen molar-refractivity contribution in [3.05, 3.63) is 32.4 Å². The van der Waals surface area contributed by atoms with Crippen LogP contribution in [0.4, 0.5) is 5.13 Å². The minimum Gasteiger partial charge on any atom is -0.386 e. The molecule has 2 aromatic rings. The summed E-state index contributed by atoms with van der Waals surface area (Å²) in [5, 5.41) is 20.0. The molecule has 3 N–H and O–H groups in total. The van der Waals surface area contributed by atoms with Crippen LogP contribution in [-0.2, 0) is 6.42 Å². The van der Waals surface area contributed by atoms with Crippen LogP contribution in [0, 0.1) is 0 Å². The molecule has 0 bridgehead atoms. The Bertz CT molecular complexity index is 742. The first kappa shape index (κ1) is 20.4. The number of hydrogen-bond acceptors (Lipinski definition) is 6. The molecular formula is C18H26ClN5OS2. The number of nitrogens with zero attached hydrogens (tertiary/aromatic N) is 3. The van der Waals surface area contributed by atoms with E-state index in [1.807, 2.05) is 13.0 Å². The number of thiazole rings is 1. The minimum absolute atomic E-state index is 0.294. The number of aromatic nitrogens is 1. The standard InChI is InChI=1S/C18H26ClN5OS2/c1-2-20-17(22-11-14(25)15-5-6-16(19)27-15)21-8-7-13-12-26-18(23-13)24-9-3-4-10-24/h5-6,12,14,25H,2-4,7-11H2,1H3,(H2,20,21,22). The largest absolute Gasteiger partial charge is 0.386 e. The first-order chi connectivity index (χ1) is 13.2. The Balaban J connectivity index is 1.47. The Morgan fingerprint density at radius 3 is 2.89 bits per heavy atom. The fourth-order valence-corrected chi connectivity index (χ4v) is 4.84. The lowest BCUT2D eigenvalue weighted by molar-refractivity contribution is 0.191. The van der Waals surface area contributed by atoms with Crippen molar-refractivity contribution in [2.24, 2.45) is 4.99 Å². The maximum Gasteiger partial charge on any atom is 0.191 e. The van der Waals surface area contributed by atoms with E-state index < -0.39 is 6.10 Å². The van der Waals surface area contributed by atoms with E-state index in [1.165, 1.54) is 24.2 Å². The zero-order valence-electron chi connectivity index (χ0n) is 15.4. The Hall–Kier alpha value is -1.35. The highest BCUT2D eigenvalue weighted by Gasteiger charge is 2.15. The molecule has 1 fully saturated rings. The lowest BCUT2D eigenvalue weighted by Crippen LogP contribution is -2.38. The summed E-state index contributed by atoms with van der Waals surface area (Å²) in [5.41, 5.74) is 1.11. The van der Waals surface area contributed by atoms with Crippen molar-refractivity contribution in [2.45, 2.75) is 32.3 Å². The zero-order valence-corrected chi connectivity index (χ0v) is 17.8. The van der Waals surface area contributed by atoms with E-state index in [4.69, 9.17) is 16.6 Å². The highest BCUT2D eigenvalue weighted by Crippen LogP contribution is 2.27. The molecule has 0 spiro atoms. The smallest absolute Gasteiger partial charge is 0.191 e. The van der Waals surface area contributed by atoms with Gasteiger partial charge in [0.05, 0.1) is 16.6 Å². The van der Waals surface area contributed by atoms with Crippen LogP contribution in [0.3, 0.4) is 0 Å². The molecule has 0 aromatic carbocycles. The summed E-state index contributed by atoms with van der Waals surface area (Å²) >= 11 is 9.04. The van der Waals surface area contributed by atoms with Crippen molar-refractivity contribution in [3.8, 4) is 0 Å². The predicted molar refractivity (Wildman–Crippen MR) is 116 cm³/mol. The van der Waals surface area contributed by atoms with Crippen molar-refractivity contribution in [3.63, 3.8) is 0 Å². The molecule has 0 saturated carbocycles. The quantitative estimate of drug-likeness (QED) is 0.445. The second kappa shape index (κ2) is 10.3. The molecule has 0 amide bonds. The van der Waals surface area contributed by atoms with Gasteiger partial charge in [-0.3, -0.25) is 4.99 Å². The topological polar surface area (TPSA) is 72.8 Å². The van der Waals surface area contributed by atoms with Crippen LogP contribution in [0.2, 0.25) is 4.34 Å². The van der Waals surface area contributed by atoms with Crippen molar-refractivity contribution in [2.75, 3.05) is 37.6 Å². The Labute approximate surface area is 173 Å². The van der Waals surface area contributed by atoms with Gasteiger partial charge in [-0.1, -0.05) is 11.6 Å². The van der Waals surface area contributed by atoms with Gasteiger partial charge in [0.1, 0.15) is 6.10 Å². The van der Waals surface area contributed by atoms with E-state index >= 15 is 0 Å². The molecule has 6 nitrogen and oxygen atoms in total. The van der Waals surface area contributed by atoms with E-state index in [1.54, 1.807) is 17.4 Å². The van der Waals surface area contributed by atoms with E-state index in [9.17, 15) is 5.11 Å². The van der Waals surface area contributed by atoms with Crippen molar-refractivity contribution in [1.29, 1.82) is 0 Å². The number of thiophene rings is 1. The molecule has 0 radical (unpaired) electrons. The first-order valence-corrected chi connectivity index (χ1v) is 11.4. The van der Waals surface area contributed by atoms with Gasteiger partial charge in [-0.25, -0.2) is 4.98 Å². The monoisotopic (exact) mass is 427 g/mol. The van der Waals surface area contributed by atoms with Gasteiger partial charge >= 0.3 is 0 Å². The second-order valence-corrected chi connectivity index (χ2v) is 8.95. The van der Waals surface area contributed by atoms with Gasteiger partial charge in [-0.2, -0.15) is 0 Å². The summed E-state index contributed by atoms with van der Waals surface area (Å²) < 4.78 is 0.676. The van der Waals surface area contributed by atoms with Crippen LogP contribution < -0.4 is 15.5 Å². The summed E-state index contributed by atoms with van der Waals surface area (Å²) in [7, 11) is 0. The normalized spacial score (nSPS) is 16.0. The highest BCUT2D eigenvalue weighted by atomic mass is 35.5. The van der Waals surface area contributed by atoms with Gasteiger partial charge in [0.25, 0.3) is 0 Å². The molecule has 1 saturated heterocycles. The number of hydrogen-bond donors (Lipinski definition) is 3. The molecule has 0 aliphatic carbocycles. The maximum absolute atomic E-state index is 10.2. The molecule has 1 aliphatic rings. The average Bonchev–Trinajstić information content (AvgIpc) is 3.40. The summed E-state index contributed by atoms with van der Waals surface area (Å²) in [6.45, 7) is 6.08. The SMILES string of the molecule is CCNC(=NCC(O)c1ccc(Cl)s1)NCCc1csc(N2CCCC2)n1. The second-order valence-electron chi connectivity index (χ2n) is 6.37. The van der Waals surface area contributed by atoms with E-state index in [0.29, 0.717) is 16.8 Å². The van der Waals surface area contributed by atoms with Gasteiger partial charge in [0, 0.05) is 42.9 Å². The summed E-state index contributed by atoms with van der Waals surface area (Å²) in [6, 6.07) is 3.63. The number of aliphatic hydroxyl groups excluding tert-OH is 1. The van der Waals surface area contributed by atoms with Crippen LogP contribution >= 0.6 is 34.3 Å². The summed E-state index contributed by atoms with van der Waals surface area (Å²) in [4.78, 5) is 12.4. The van der Waals surface area contributed by atoms with Crippen molar-refractivity contribution >= 4 is 45.4 Å². The minimum atomic E-state index is -0.639. The van der Waals surface area contributed by atoms with Gasteiger partial charge in [-0.05, 0) is 31.9 Å². The number of aliphatic hydroxyl groups is 1. The van der Waals surface area contributed by atoms with Crippen molar-refractivity contribution in [1.82, 2.24) is 15.6 Å². The molecular weight excluding hydrogens is 402 g/mol. The fraction of sp³-hybridized carbons (Fsp3) is 0.556. The fourth-order valence-electron chi connectivity index (χ4n) is 2.89. The number of nitrogens with one attached hydrogen (secondary N) is 2. The van der Waals surface area contributed by atoms with Gasteiger partial charge in [0.15, 0.2) is 11.1 Å². The Morgan fingerprint density at radius 1 is 1.37 bits per heavy atom. The predicted octanol–water partition coefficient (Wildman–Crippen LogP) is 3.29. The number of guanidine groups is 1. The van der Waals surface area contributed by atoms with Gasteiger partial charge in [0.2, 0.25) is 0 Å². The Kier molecular flexibility index (Phi) is 7.75.